The molecule has 1 saturated heterocycles. The van der Waals surface area contributed by atoms with Gasteiger partial charge in [0, 0.05) is 47.3 Å². The number of carbonyl (C=O) groups is 1. The second kappa shape index (κ2) is 7.36. The SMILES string of the molecule is Cl.O=C(CCc1cc(Br)cs1)N1CCNCC1. The average Bonchev–Trinajstić information content (AvgIpc) is 2.73. The van der Waals surface area contributed by atoms with E-state index in [1.807, 2.05) is 4.90 Å². The Morgan fingerprint density at radius 2 is 2.18 bits per heavy atom. The van der Waals surface area contributed by atoms with Crippen LogP contribution in [0.15, 0.2) is 15.9 Å². The predicted molar refractivity (Wildman–Crippen MR) is 77.0 cm³/mol. The van der Waals surface area contributed by atoms with Gasteiger partial charge in [-0.1, -0.05) is 0 Å². The van der Waals surface area contributed by atoms with Gasteiger partial charge in [0.1, 0.15) is 0 Å². The van der Waals surface area contributed by atoms with Gasteiger partial charge < -0.3 is 10.2 Å². The lowest BCUT2D eigenvalue weighted by atomic mass is 10.2. The van der Waals surface area contributed by atoms with E-state index < -0.39 is 0 Å². The highest BCUT2D eigenvalue weighted by Gasteiger charge is 2.15. The third-order valence-corrected chi connectivity index (χ3v) is 4.43. The van der Waals surface area contributed by atoms with Crippen molar-refractivity contribution in [1.29, 1.82) is 0 Å². The van der Waals surface area contributed by atoms with E-state index >= 15 is 0 Å². The van der Waals surface area contributed by atoms with Crippen LogP contribution in [0, 0.1) is 0 Å². The molecule has 1 aliphatic rings. The quantitative estimate of drug-likeness (QED) is 0.916. The van der Waals surface area contributed by atoms with Crippen LogP contribution in [0.2, 0.25) is 0 Å². The highest BCUT2D eigenvalue weighted by molar-refractivity contribution is 9.10. The van der Waals surface area contributed by atoms with E-state index in [1.165, 1.54) is 4.88 Å². The zero-order chi connectivity index (χ0) is 11.4. The standard InChI is InChI=1S/C11H15BrN2OS.ClH/c12-9-7-10(16-8-9)1-2-11(15)14-5-3-13-4-6-14;/h7-8,13H,1-6H2;1H. The van der Waals surface area contributed by atoms with Crippen LogP contribution in [0.4, 0.5) is 0 Å². The third-order valence-electron chi connectivity index (χ3n) is 2.68. The second-order valence-electron chi connectivity index (χ2n) is 3.86. The van der Waals surface area contributed by atoms with Crippen molar-refractivity contribution < 1.29 is 4.79 Å². The molecule has 0 atom stereocenters. The summed E-state index contributed by atoms with van der Waals surface area (Å²) in [5.41, 5.74) is 0. The molecule has 1 amide bonds. The molecule has 0 aromatic carbocycles. The minimum absolute atomic E-state index is 0. The first-order chi connectivity index (χ1) is 7.75. The number of hydrogen-bond acceptors (Lipinski definition) is 3. The van der Waals surface area contributed by atoms with Crippen LogP contribution < -0.4 is 5.32 Å². The van der Waals surface area contributed by atoms with E-state index in [4.69, 9.17) is 0 Å². The van der Waals surface area contributed by atoms with E-state index in [-0.39, 0.29) is 18.3 Å². The highest BCUT2D eigenvalue weighted by Crippen LogP contribution is 2.21. The topological polar surface area (TPSA) is 32.3 Å². The van der Waals surface area contributed by atoms with Crippen molar-refractivity contribution in [3.05, 3.63) is 20.8 Å². The summed E-state index contributed by atoms with van der Waals surface area (Å²) < 4.78 is 1.11. The number of aryl methyl sites for hydroxylation is 1. The van der Waals surface area contributed by atoms with Gasteiger partial charge in [-0.05, 0) is 28.4 Å². The number of thiophene rings is 1. The van der Waals surface area contributed by atoms with E-state index in [0.29, 0.717) is 6.42 Å². The molecule has 6 heteroatoms. The first-order valence-corrected chi connectivity index (χ1v) is 7.14. The Morgan fingerprint density at radius 1 is 1.47 bits per heavy atom. The van der Waals surface area contributed by atoms with Gasteiger partial charge in [0.25, 0.3) is 0 Å². The molecule has 3 nitrogen and oxygen atoms in total. The summed E-state index contributed by atoms with van der Waals surface area (Å²) in [6.45, 7) is 3.56. The fraction of sp³-hybridized carbons (Fsp3) is 0.545. The molecule has 1 aromatic rings. The molecule has 1 fully saturated rings. The van der Waals surface area contributed by atoms with Gasteiger partial charge in [-0.3, -0.25) is 4.79 Å². The monoisotopic (exact) mass is 338 g/mol. The van der Waals surface area contributed by atoms with E-state index in [9.17, 15) is 4.79 Å². The summed E-state index contributed by atoms with van der Waals surface area (Å²) in [5.74, 6) is 0.283. The van der Waals surface area contributed by atoms with E-state index in [0.717, 1.165) is 37.1 Å². The summed E-state index contributed by atoms with van der Waals surface area (Å²) in [6, 6.07) is 2.09. The van der Waals surface area contributed by atoms with Gasteiger partial charge in [0.05, 0.1) is 0 Å². The molecule has 1 N–H and O–H groups in total. The minimum atomic E-state index is 0. The molecule has 17 heavy (non-hydrogen) atoms. The Labute approximate surface area is 120 Å². The van der Waals surface area contributed by atoms with Crippen LogP contribution in [-0.4, -0.2) is 37.0 Å². The molecular formula is C11H16BrClN2OS. The minimum Gasteiger partial charge on any atom is -0.340 e. The number of amides is 1. The van der Waals surface area contributed by atoms with Crippen LogP contribution >= 0.6 is 39.7 Å². The Hall–Kier alpha value is -0.100. The number of rotatable bonds is 3. The van der Waals surface area contributed by atoms with Crippen molar-refractivity contribution in [2.45, 2.75) is 12.8 Å². The third kappa shape index (κ3) is 4.58. The molecule has 2 rings (SSSR count). The zero-order valence-corrected chi connectivity index (χ0v) is 12.7. The summed E-state index contributed by atoms with van der Waals surface area (Å²) >= 11 is 5.13. The highest BCUT2D eigenvalue weighted by atomic mass is 79.9. The molecule has 2 heterocycles. The van der Waals surface area contributed by atoms with E-state index in [1.54, 1.807) is 11.3 Å². The lowest BCUT2D eigenvalue weighted by molar-refractivity contribution is -0.131. The van der Waals surface area contributed by atoms with Gasteiger partial charge >= 0.3 is 0 Å². The maximum atomic E-state index is 11.9. The zero-order valence-electron chi connectivity index (χ0n) is 9.45. The average molecular weight is 340 g/mol. The fourth-order valence-corrected chi connectivity index (χ4v) is 3.24. The Kier molecular flexibility index (Phi) is 6.48. The molecule has 0 saturated carbocycles. The number of piperazine rings is 1. The van der Waals surface area contributed by atoms with Crippen molar-refractivity contribution >= 4 is 45.6 Å². The maximum Gasteiger partial charge on any atom is 0.223 e. The molecule has 0 bridgehead atoms. The van der Waals surface area contributed by atoms with Crippen molar-refractivity contribution in [3.63, 3.8) is 0 Å². The summed E-state index contributed by atoms with van der Waals surface area (Å²) in [5, 5.41) is 5.31. The van der Waals surface area contributed by atoms with Gasteiger partial charge in [-0.15, -0.1) is 23.7 Å². The van der Waals surface area contributed by atoms with Crippen molar-refractivity contribution in [2.24, 2.45) is 0 Å². The van der Waals surface area contributed by atoms with Crippen molar-refractivity contribution in [1.82, 2.24) is 10.2 Å². The second-order valence-corrected chi connectivity index (χ2v) is 5.77. The number of carbonyl (C=O) groups excluding carboxylic acids is 1. The summed E-state index contributed by atoms with van der Waals surface area (Å²) in [7, 11) is 0. The Bertz CT molecular complexity index is 366. The van der Waals surface area contributed by atoms with Gasteiger partial charge in [0.2, 0.25) is 5.91 Å². The molecule has 0 radical (unpaired) electrons. The molecule has 0 spiro atoms. The fourth-order valence-electron chi connectivity index (χ4n) is 1.79. The molecule has 0 aliphatic carbocycles. The summed E-state index contributed by atoms with van der Waals surface area (Å²) in [6.07, 6.45) is 1.49. The van der Waals surface area contributed by atoms with Crippen molar-refractivity contribution in [2.75, 3.05) is 26.2 Å². The number of hydrogen-bond donors (Lipinski definition) is 1. The van der Waals surface area contributed by atoms with Crippen LogP contribution in [-0.2, 0) is 11.2 Å². The molecule has 1 aliphatic heterocycles. The van der Waals surface area contributed by atoms with Crippen LogP contribution in [0.3, 0.4) is 0 Å². The molecular weight excluding hydrogens is 324 g/mol. The normalized spacial score (nSPS) is 15.5. The lowest BCUT2D eigenvalue weighted by Crippen LogP contribution is -2.46. The van der Waals surface area contributed by atoms with Gasteiger partial charge in [-0.2, -0.15) is 0 Å². The lowest BCUT2D eigenvalue weighted by Gasteiger charge is -2.27. The van der Waals surface area contributed by atoms with Crippen LogP contribution in [0.1, 0.15) is 11.3 Å². The van der Waals surface area contributed by atoms with Gasteiger partial charge in [-0.25, -0.2) is 0 Å². The van der Waals surface area contributed by atoms with Crippen LogP contribution in [0.5, 0.6) is 0 Å². The number of halogens is 2. The molecule has 0 unspecified atom stereocenters. The largest absolute Gasteiger partial charge is 0.340 e. The molecule has 1 aromatic heterocycles. The van der Waals surface area contributed by atoms with Gasteiger partial charge in [0.15, 0.2) is 0 Å². The first kappa shape index (κ1) is 15.0. The molecule has 96 valence electrons. The van der Waals surface area contributed by atoms with Crippen molar-refractivity contribution in [3.8, 4) is 0 Å². The smallest absolute Gasteiger partial charge is 0.223 e. The number of nitrogens with one attached hydrogen (secondary N) is 1. The van der Waals surface area contributed by atoms with Crippen LogP contribution in [0.25, 0.3) is 0 Å². The first-order valence-electron chi connectivity index (χ1n) is 5.47. The summed E-state index contributed by atoms with van der Waals surface area (Å²) in [4.78, 5) is 15.1. The Balaban J connectivity index is 0.00000144. The predicted octanol–water partition coefficient (Wildman–Crippen LogP) is 2.30. The Morgan fingerprint density at radius 3 is 2.76 bits per heavy atom. The number of nitrogens with zero attached hydrogens (tertiary/aromatic N) is 1. The maximum absolute atomic E-state index is 11.9. The van der Waals surface area contributed by atoms with E-state index in [2.05, 4.69) is 32.7 Å².